The van der Waals surface area contributed by atoms with Gasteiger partial charge in [-0.1, -0.05) is 45.0 Å². The molecule has 1 aromatic carbocycles. The van der Waals surface area contributed by atoms with Crippen molar-refractivity contribution in [3.05, 3.63) is 35.4 Å². The number of nitrogens with zero attached hydrogens (tertiary/aromatic N) is 1. The summed E-state index contributed by atoms with van der Waals surface area (Å²) in [5.74, 6) is 0. The van der Waals surface area contributed by atoms with Crippen LogP contribution < -0.4 is 16.4 Å². The van der Waals surface area contributed by atoms with Crippen molar-refractivity contribution in [2.75, 3.05) is 19.6 Å². The largest absolute Gasteiger partial charge is 0.334 e. The standard InChI is InChI=1S/C19H32N4O/c1-19(2,3)17(14-23-10-4-5-11-23)22-18(24)21-13-16-8-6-15(12-20)7-9-16/h6-9,17H,4-5,10-14,20H2,1-3H3,(H2,21,22,24)/t17-/m1/s1. The van der Waals surface area contributed by atoms with Gasteiger partial charge in [-0.2, -0.15) is 0 Å². The third-order valence-electron chi connectivity index (χ3n) is 4.70. The second-order valence-corrected chi connectivity index (χ2v) is 7.77. The minimum atomic E-state index is -0.1000. The van der Waals surface area contributed by atoms with Gasteiger partial charge in [-0.05, 0) is 42.5 Å². The number of rotatable bonds is 6. The zero-order valence-corrected chi connectivity index (χ0v) is 15.3. The van der Waals surface area contributed by atoms with Gasteiger partial charge in [0.2, 0.25) is 0 Å². The fourth-order valence-electron chi connectivity index (χ4n) is 2.94. The van der Waals surface area contributed by atoms with Crippen LogP contribution in [0.2, 0.25) is 0 Å². The van der Waals surface area contributed by atoms with Crippen LogP contribution in [0.15, 0.2) is 24.3 Å². The fraction of sp³-hybridized carbons (Fsp3) is 0.632. The lowest BCUT2D eigenvalue weighted by molar-refractivity contribution is 0.185. The molecule has 0 aliphatic carbocycles. The molecule has 1 saturated heterocycles. The molecule has 1 atom stereocenters. The molecule has 1 aliphatic rings. The maximum Gasteiger partial charge on any atom is 0.315 e. The van der Waals surface area contributed by atoms with Gasteiger partial charge < -0.3 is 21.3 Å². The Morgan fingerprint density at radius 3 is 2.29 bits per heavy atom. The Hall–Kier alpha value is -1.59. The molecule has 1 aliphatic heterocycles. The van der Waals surface area contributed by atoms with E-state index in [-0.39, 0.29) is 17.5 Å². The molecule has 0 spiro atoms. The Labute approximate surface area is 146 Å². The summed E-state index contributed by atoms with van der Waals surface area (Å²) in [5, 5.41) is 6.13. The maximum absolute atomic E-state index is 12.3. The molecule has 0 radical (unpaired) electrons. The van der Waals surface area contributed by atoms with Gasteiger partial charge in [0.25, 0.3) is 0 Å². The maximum atomic E-state index is 12.3. The topological polar surface area (TPSA) is 70.4 Å². The number of nitrogens with two attached hydrogens (primary N) is 1. The van der Waals surface area contributed by atoms with E-state index in [2.05, 4.69) is 36.3 Å². The van der Waals surface area contributed by atoms with Crippen LogP contribution in [-0.2, 0) is 13.1 Å². The SMILES string of the molecule is CC(C)(C)[C@@H](CN1CCCC1)NC(=O)NCc1ccc(CN)cc1. The van der Waals surface area contributed by atoms with E-state index in [0.29, 0.717) is 13.1 Å². The summed E-state index contributed by atoms with van der Waals surface area (Å²) in [7, 11) is 0. The normalized spacial score (nSPS) is 16.8. The number of hydrogen-bond donors (Lipinski definition) is 3. The van der Waals surface area contributed by atoms with Crippen LogP contribution in [0.3, 0.4) is 0 Å². The molecule has 24 heavy (non-hydrogen) atoms. The van der Waals surface area contributed by atoms with E-state index in [1.165, 1.54) is 12.8 Å². The van der Waals surface area contributed by atoms with E-state index < -0.39 is 0 Å². The van der Waals surface area contributed by atoms with Crippen molar-refractivity contribution in [1.82, 2.24) is 15.5 Å². The molecule has 2 rings (SSSR count). The third kappa shape index (κ3) is 5.80. The first-order chi connectivity index (χ1) is 11.4. The average molecular weight is 332 g/mol. The number of benzene rings is 1. The van der Waals surface area contributed by atoms with Crippen molar-refractivity contribution in [2.45, 2.75) is 52.7 Å². The van der Waals surface area contributed by atoms with Gasteiger partial charge in [-0.25, -0.2) is 4.79 Å². The van der Waals surface area contributed by atoms with E-state index >= 15 is 0 Å². The third-order valence-corrected chi connectivity index (χ3v) is 4.70. The molecule has 134 valence electrons. The summed E-state index contributed by atoms with van der Waals surface area (Å²) < 4.78 is 0. The number of urea groups is 1. The smallest absolute Gasteiger partial charge is 0.315 e. The summed E-state index contributed by atoms with van der Waals surface area (Å²) in [6, 6.07) is 8.05. The lowest BCUT2D eigenvalue weighted by atomic mass is 9.86. The minimum Gasteiger partial charge on any atom is -0.334 e. The van der Waals surface area contributed by atoms with E-state index in [9.17, 15) is 4.79 Å². The van der Waals surface area contributed by atoms with Crippen LogP contribution in [0.5, 0.6) is 0 Å². The van der Waals surface area contributed by atoms with Gasteiger partial charge >= 0.3 is 6.03 Å². The van der Waals surface area contributed by atoms with Crippen molar-refractivity contribution in [1.29, 1.82) is 0 Å². The van der Waals surface area contributed by atoms with Crippen LogP contribution in [0.4, 0.5) is 4.79 Å². The highest BCUT2D eigenvalue weighted by Crippen LogP contribution is 2.21. The van der Waals surface area contributed by atoms with Gasteiger partial charge in [-0.3, -0.25) is 0 Å². The molecule has 2 amide bonds. The lowest BCUT2D eigenvalue weighted by Crippen LogP contribution is -2.52. The number of amides is 2. The number of likely N-dealkylation sites (tertiary alicyclic amines) is 1. The summed E-state index contributed by atoms with van der Waals surface area (Å²) in [4.78, 5) is 14.8. The second kappa shape index (κ2) is 8.49. The molecule has 0 unspecified atom stereocenters. The number of carbonyl (C=O) groups is 1. The van der Waals surface area contributed by atoms with Gasteiger partial charge in [0, 0.05) is 25.7 Å². The summed E-state index contributed by atoms with van der Waals surface area (Å²) in [6.45, 7) is 10.8. The van der Waals surface area contributed by atoms with E-state index in [0.717, 1.165) is 30.8 Å². The van der Waals surface area contributed by atoms with Gasteiger partial charge in [0.1, 0.15) is 0 Å². The first kappa shape index (κ1) is 18.7. The first-order valence-electron chi connectivity index (χ1n) is 8.93. The molecule has 1 heterocycles. The van der Waals surface area contributed by atoms with Crippen molar-refractivity contribution in [3.63, 3.8) is 0 Å². The van der Waals surface area contributed by atoms with Gasteiger partial charge in [0.15, 0.2) is 0 Å². The highest BCUT2D eigenvalue weighted by Gasteiger charge is 2.29. The van der Waals surface area contributed by atoms with E-state index in [4.69, 9.17) is 5.73 Å². The Balaban J connectivity index is 1.84. The van der Waals surface area contributed by atoms with Gasteiger partial charge in [-0.15, -0.1) is 0 Å². The minimum absolute atomic E-state index is 0.0305. The van der Waals surface area contributed by atoms with Crippen LogP contribution in [0.1, 0.15) is 44.7 Å². The molecule has 1 fully saturated rings. The Morgan fingerprint density at radius 1 is 1.17 bits per heavy atom. The monoisotopic (exact) mass is 332 g/mol. The molecule has 0 bridgehead atoms. The molecule has 5 nitrogen and oxygen atoms in total. The molecule has 1 aromatic rings. The average Bonchev–Trinajstić information content (AvgIpc) is 3.05. The lowest BCUT2D eigenvalue weighted by Gasteiger charge is -2.34. The molecular formula is C19H32N4O. The fourth-order valence-corrected chi connectivity index (χ4v) is 2.94. The van der Waals surface area contributed by atoms with Crippen molar-refractivity contribution < 1.29 is 4.79 Å². The number of nitrogens with one attached hydrogen (secondary N) is 2. The van der Waals surface area contributed by atoms with Crippen LogP contribution in [0, 0.1) is 5.41 Å². The van der Waals surface area contributed by atoms with Crippen molar-refractivity contribution in [2.24, 2.45) is 11.1 Å². The van der Waals surface area contributed by atoms with Crippen LogP contribution in [-0.4, -0.2) is 36.6 Å². The molecule has 4 N–H and O–H groups in total. The van der Waals surface area contributed by atoms with Crippen molar-refractivity contribution >= 4 is 6.03 Å². The Bertz CT molecular complexity index is 515. The number of hydrogen-bond acceptors (Lipinski definition) is 3. The predicted molar refractivity (Wildman–Crippen MR) is 98.6 cm³/mol. The zero-order valence-electron chi connectivity index (χ0n) is 15.3. The molecule has 0 aromatic heterocycles. The summed E-state index contributed by atoms with van der Waals surface area (Å²) >= 11 is 0. The summed E-state index contributed by atoms with van der Waals surface area (Å²) in [6.07, 6.45) is 2.53. The first-order valence-corrected chi connectivity index (χ1v) is 8.93. The zero-order chi connectivity index (χ0) is 17.6. The predicted octanol–water partition coefficient (Wildman–Crippen LogP) is 2.46. The van der Waals surface area contributed by atoms with Crippen LogP contribution >= 0.6 is 0 Å². The highest BCUT2D eigenvalue weighted by molar-refractivity contribution is 5.74. The van der Waals surface area contributed by atoms with E-state index in [1.807, 2.05) is 24.3 Å². The number of carbonyl (C=O) groups excluding carboxylic acids is 1. The Morgan fingerprint density at radius 2 is 1.75 bits per heavy atom. The summed E-state index contributed by atoms with van der Waals surface area (Å²) in [5.41, 5.74) is 7.81. The highest BCUT2D eigenvalue weighted by atomic mass is 16.2. The quantitative estimate of drug-likeness (QED) is 0.749. The molecular weight excluding hydrogens is 300 g/mol. The van der Waals surface area contributed by atoms with Gasteiger partial charge in [0.05, 0.1) is 0 Å². The molecule has 0 saturated carbocycles. The Kier molecular flexibility index (Phi) is 6.63. The second-order valence-electron chi connectivity index (χ2n) is 7.77. The van der Waals surface area contributed by atoms with Crippen LogP contribution in [0.25, 0.3) is 0 Å². The van der Waals surface area contributed by atoms with Crippen molar-refractivity contribution in [3.8, 4) is 0 Å². The molecule has 5 heteroatoms. The van der Waals surface area contributed by atoms with E-state index in [1.54, 1.807) is 0 Å².